The van der Waals surface area contributed by atoms with Crippen LogP contribution in [-0.2, 0) is 16.0 Å². The molecule has 5 nitrogen and oxygen atoms in total. The molecule has 1 aromatic carbocycles. The van der Waals surface area contributed by atoms with E-state index in [0.717, 1.165) is 6.42 Å². The van der Waals surface area contributed by atoms with Crippen LogP contribution in [-0.4, -0.2) is 45.2 Å². The maximum Gasteiger partial charge on any atom is 0.309 e. The lowest BCUT2D eigenvalue weighted by molar-refractivity contribution is -0.159. The average molecular weight is 1200 g/mol. The first-order valence-corrected chi connectivity index (χ1v) is 14.6. The topological polar surface area (TPSA) is 87.0 Å². The minimum Gasteiger partial charge on any atom is -0.460 e. The fourth-order valence-electron chi connectivity index (χ4n) is 6.25. The molecule has 0 bridgehead atoms. The molecule has 880 valence electrons. The third-order valence-electron chi connectivity index (χ3n) is 8.96. The Kier molecular flexibility index (Phi) is 11.6. The Hall–Kier alpha value is -1.69. The maximum atomic E-state index is 12.4. The van der Waals surface area contributed by atoms with Crippen molar-refractivity contribution in [1.82, 2.24) is 0 Å². The normalized spacial score (nSPS) is 30.1. The molecule has 0 aromatic heterocycles. The highest BCUT2D eigenvalue weighted by Gasteiger charge is 2.56. The SMILES string of the molecule is CC(/C=C\[C@H](C)[C@@]1(C)[C@@H](O)C(C)[C@@H](O)[C@@H]1CC[C@@H](O)C(C)Cc1ccccc1)CC(C)C(=O)OC(C)(C)C.[HH].[HH].[HH].[HH].[HH].[HH].[HH].[HH].[HH].[HH].[HH].[HH].[HH].[HH].[HH].[HH].[HH].[HH].[HH].[HH].[HH].[HH].[HH].[HH].[HH].[HH].[HH].[HH].[HH].[HH].[HH].[HH].[HH].[HH].[HH].[HH].[HH].[HH].[HH].[HH].[HH].[HH].[HH].[HH].[HH].[HH].[HH].[HH].[HH].[HH].[HH].[HH].[HH].[HH].[HH].[HH].[HH].[HH].[HH].[HH].[HH].[HH].[HH].[HH].[HH].[HH].[HH].[HH].[HH].[HH].[HH].[HH].[HH].[HH].[HH].[HH].[HH].[HH].[HH].[HH].[HH].[HH].[HH].[HH].[HH].[HH].[HH].[HH].[HH].[HH].[HH].[HH].[HH].[HH].[HH].[HH].[HH].[HH].[HH].[HH].[HH].[HH].[HH].[HH].[HH].[HH].[HH].[HH].[HH].[HH].[HH].[HH].[HH].[HH].[HH].[HH].[HH].[HH].[HH].[HH].[HH].[HH].[HH].[HH].[HH].[HH].[HH].[HH].[HH].[HH].[HH].[HH].[HH].[HH].[HH].[HH].[HH].[HH].[HH].[HH].[HH].[HH].[HH].[HH].[HH].[HH].[HH].[HH].[HH].[HH].[HH].[HH].[HH].[HH].[HH].[HH].[HH].[HH].[HH].[HH].[HH].[HH].[HH].[HH].[HH].[HH].[HH].[HH].[HH].[HH].[HH].[HH].[HH].[HH].[HH].[HH].[HH].[HH].[HH].[HH].[HH].[HH].[HH].[HH].[HH].[HH].[HH].[HH].[HH].[HH].[HH].[HH].[HH].[HH].[HH].[HH].[HH].[HH].[HH].[HH].[HH].[HH].[HH].[HH].[HH].[HH].[HH].[HH].[HH].[HH].[HH].[HH].[HH].[HH].[HH].[HH].[HH].[HH].[HH].[HH].[HH].[HH].[HH].[HH].[HH].[HH].[HH].[HH].[HH].[HH].[HH].[HH].[HH].[HH].[HH].[HH].[HH].[HH].[HH].[HH].[HH].[HH].[HH].[HH].[HH].[HH].[HH].[HH].[HH].[HH].[HH].[HH].[HH].[HH].[HH].[HH].[HH].[HH].[HH].[HH].[HH].[HH].[HH].[HH].[HH].[HH].[HH].[HH].[HH].[HH].[HH].[HH].[HH].[HH].[HH].[HH].[HH].[HH].[HH].[HH].[HH].[HH].[HH].[HH].[HH].[HH].[HH].[HH].[HH].[HH].[HH].[HH].[HH].[HH].[HH].[HH].[HH].[HH].[HH].[HH].[HH].[HH].[HH].[HH].[HH].[HH].[HH].[HH].[HH].[HH].[HH].[HH].[HH].[HH].[HH].[HH].[HH].[HH].[HH].[HH].[HH].[HH].[HH].[HH].[HH].[HH].[HH].[HH].[HH].[HH].[HH].[HH]. The number of aliphatic hydroxyl groups excluding tert-OH is 3. The summed E-state index contributed by atoms with van der Waals surface area (Å²) in [5, 5.41) is 33.3. The Bertz CT molecular complexity index is 1070. The number of carbonyl (C=O) groups excluding carboxylic acids is 1. The maximum absolute atomic E-state index is 12.4. The van der Waals surface area contributed by atoms with Crippen molar-refractivity contribution in [1.29, 1.82) is 0 Å². The van der Waals surface area contributed by atoms with Crippen LogP contribution in [0.3, 0.4) is 0 Å². The van der Waals surface area contributed by atoms with E-state index in [1.165, 1.54) is 5.56 Å². The largest absolute Gasteiger partial charge is 0.460 e. The van der Waals surface area contributed by atoms with Gasteiger partial charge in [-0.05, 0) is 75.7 Å². The summed E-state index contributed by atoms with van der Waals surface area (Å²) in [5.41, 5.74) is 0.197. The monoisotopic (exact) mass is 1200 g/mol. The zero-order valence-corrected chi connectivity index (χ0v) is 25.2. The van der Waals surface area contributed by atoms with Crippen molar-refractivity contribution in [2.24, 2.45) is 40.9 Å². The van der Waals surface area contributed by atoms with Crippen LogP contribution >= 0.6 is 0 Å². The van der Waals surface area contributed by atoms with Gasteiger partial charge in [0.25, 0.3) is 0 Å². The highest BCUT2D eigenvalue weighted by Crippen LogP contribution is 2.53. The summed E-state index contributed by atoms with van der Waals surface area (Å²) in [7, 11) is 0. The van der Waals surface area contributed by atoms with Crippen LogP contribution in [0.1, 0.15) is 561 Å². The lowest BCUT2D eigenvalue weighted by Gasteiger charge is -2.40. The van der Waals surface area contributed by atoms with Crippen molar-refractivity contribution in [2.75, 3.05) is 0 Å². The van der Waals surface area contributed by atoms with Crippen LogP contribution in [0.25, 0.3) is 0 Å². The second kappa shape index (κ2) is 13.6. The van der Waals surface area contributed by atoms with E-state index in [2.05, 4.69) is 52.0 Å². The molecule has 0 aliphatic heterocycles. The number of ether oxygens (including phenoxy) is 1. The van der Waals surface area contributed by atoms with Crippen LogP contribution in [0, 0.1) is 40.9 Å². The second-order valence-corrected chi connectivity index (χ2v) is 13.4. The molecular formula is C33H718O5. The van der Waals surface area contributed by atoms with Gasteiger partial charge in [0, 0.05) is 485 Å². The predicted molar refractivity (Wildman–Crippen MR) is 856 cm³/mol. The summed E-state index contributed by atoms with van der Waals surface area (Å²) in [5.74, 6) is -0.448. The van der Waals surface area contributed by atoms with Crippen molar-refractivity contribution in [3.63, 3.8) is 0 Å². The van der Waals surface area contributed by atoms with Gasteiger partial charge < -0.3 is 20.1 Å². The molecule has 1 aliphatic rings. The minimum absolute atomic E-state index is 0. The zero-order valence-electron chi connectivity index (χ0n) is 25.2. The van der Waals surface area contributed by atoms with Crippen molar-refractivity contribution in [3.05, 3.63) is 48.0 Å². The number of aliphatic hydroxyl groups is 3. The van der Waals surface area contributed by atoms with Gasteiger partial charge in [0.2, 0.25) is 0 Å². The first-order chi connectivity index (χ1) is 17.6. The van der Waals surface area contributed by atoms with Crippen LogP contribution < -0.4 is 0 Å². The number of carbonyl (C=O) groups is 1. The molecule has 1 saturated carbocycles. The van der Waals surface area contributed by atoms with Crippen molar-refractivity contribution in [2.45, 2.75) is 112 Å². The molecule has 0 spiro atoms. The Labute approximate surface area is 724 Å². The van der Waals surface area contributed by atoms with E-state index in [4.69, 9.17) is 4.74 Å². The van der Waals surface area contributed by atoms with Gasteiger partial charge in [-0.2, -0.15) is 0 Å². The van der Waals surface area contributed by atoms with Gasteiger partial charge in [0.15, 0.2) is 0 Å². The molecule has 0 saturated heterocycles. The Morgan fingerprint density at radius 3 is 2.29 bits per heavy atom. The van der Waals surface area contributed by atoms with E-state index in [-0.39, 0.29) is 515 Å². The summed E-state index contributed by atoms with van der Waals surface area (Å²) in [4.78, 5) is 12.4. The molecule has 3 N–H and O–H groups in total. The van der Waals surface area contributed by atoms with E-state index >= 15 is 0 Å². The second-order valence-electron chi connectivity index (χ2n) is 13.4. The van der Waals surface area contributed by atoms with E-state index in [1.807, 2.05) is 52.8 Å². The number of hydrogen-bond donors (Lipinski definition) is 3. The number of benzene rings is 1. The van der Waals surface area contributed by atoms with Crippen LogP contribution in [0.15, 0.2) is 42.5 Å². The molecule has 1 fully saturated rings. The number of hydrogen-bond acceptors (Lipinski definition) is 5. The molecule has 10 atom stereocenters. The van der Waals surface area contributed by atoms with Crippen molar-refractivity contribution < 1.29 is 498 Å². The van der Waals surface area contributed by atoms with Gasteiger partial charge >= 0.3 is 5.97 Å². The van der Waals surface area contributed by atoms with E-state index in [1.54, 1.807) is 0 Å². The number of allylic oxidation sites excluding steroid dienone is 2. The molecule has 0 radical (unpaired) electrons. The van der Waals surface area contributed by atoms with Gasteiger partial charge in [-0.15, -0.1) is 0 Å². The third kappa shape index (κ3) is 8.40. The van der Waals surface area contributed by atoms with Gasteiger partial charge in [-0.1, -0.05) is 84.0 Å². The van der Waals surface area contributed by atoms with Crippen LogP contribution in [0.2, 0.25) is 0 Å². The Morgan fingerprint density at radius 1 is 1.11 bits per heavy atom. The minimum atomic E-state index is -0.642. The number of esters is 1. The molecule has 5 heteroatoms. The summed E-state index contributed by atoms with van der Waals surface area (Å²) in [6, 6.07) is 10.2. The molecule has 4 unspecified atom stereocenters. The van der Waals surface area contributed by atoms with Gasteiger partial charge in [0.05, 0.1) is 24.2 Å². The predicted octanol–water partition coefficient (Wildman–Crippen LogP) is 87.9. The van der Waals surface area contributed by atoms with Gasteiger partial charge in [-0.3, -0.25) is 4.79 Å². The average Bonchev–Trinajstić information content (AvgIpc) is 3.00. The standard InChI is InChI=1S/C33H54O5.332H2/c1-21(19-23(3)31(37)38-32(6,7)8)15-16-24(4)33(9)27(29(35)25(5)30(33)36)17-18-28(34)22(2)20-26-13-11-10-12-14-26;;;;;;;;;;;;;;;;;;;;;;;;;;;;;;;;;;;;;;;;;;;;;;;;;;;;;;;;;;;;;;;;;;;;;;;;;;;;;;;;;;;;;;;;;;;;;;;;;;;;;;;;;;;;;;;;;;;;;;;;;;;;;;;;;;;;;;;;;;;;;;;;;;;;;;;;;;;;;;;;;;;;;;;;;;;;;;;;;;;;;;;;;;;;;;;;;;;;;;;;;;;;;;;;;;;;;;;;;;;;;;;;;;;;;;;;;;;;;;;;;;;;;;;;;;;;;;;;;;;;;;;;;;;;;;;;;;;;;;;;;;;;;;;;;;;;;;;;;;;;;;;;;;;;;;;;;;;;;;;;;;;;;;;;;;;;/h10-16,21-25,27-30,34-36H,17-20H2,1-9H3;332*1H/b16-15-;;;;;;;;;;;;;;;;;;;;;;;;;;;;;;;;;;;;;;;;;;;;;;;;;;;;;;;;;;;;;;;;;;;;;;;;;;;;;;;;;;;;;;;;;;;;;;;;;;;;;;;;;;;;;;;;;;;;;;;;;;;;;;;;;;;;;;;;;;;;;;;;;;;;;;;;;;;;;;;;;;;;;;;;;;;;;;;;;;;;;;;;;;;;;;;;;;;;;;;;;;;;;;;;;;;;;;;;;;;;;;;;;;;;;;;;;;;;;;;;;;;;;;;;;;;;;;;;;;;;;;;;;;;;;;;;;;;;;;;;;;;;;;;;;;;;;;;;;;;;;;;;;;;;;;;;;;;;;;;;;;;;;;;;;;;;/t21?,22?,23?,24-,25?,27-,28+,29+,30-,33+;;;;;;;;;;;;;;;;;;;;;;;;;;;;;;;;;;;;;;;;;;;;;;;;;;;;;;;;;;;;;;;;;;;;;;;;;;;;;;;;;;;;;;;;;;;;;;;;;;;;;;;;;;;;;;;;;;;;;;;;;;;;;;;;;;;;;;;;;;;;;;;;;;;;;;;;;;;;;;;;;;;;;;;;;;;;;;;;;;;;;;;;;;;;;;;;;;;;;;;;;;;;;;;;;;;;;;;;;;;;;;;;;;;;;;;;;;;;;;;;;;;;;;;;;;;;;;;;;;;;;;;;;;;;;;;;;;;;;;;;;;;;;;;;;;;;;;;;;;;;;;;;;;;;;;;;;;;;;;;;;;;;;;;;;;;;/m0............................................................................................................................................................................................................................................................................................................................................/s1. The molecule has 38 heavy (non-hydrogen) atoms. The first-order valence-electron chi connectivity index (χ1n) is 14.6. The lowest BCUT2D eigenvalue weighted by Crippen LogP contribution is -2.40. The summed E-state index contributed by atoms with van der Waals surface area (Å²) in [6.45, 7) is 17.8. The summed E-state index contributed by atoms with van der Waals surface area (Å²) >= 11 is 0. The summed E-state index contributed by atoms with van der Waals surface area (Å²) in [6.07, 6.45) is 5.28. The molecule has 0 amide bonds. The fraction of sp³-hybridized carbons (Fsp3) is 0.727. The van der Waals surface area contributed by atoms with Crippen molar-refractivity contribution >= 4 is 5.97 Å². The quantitative estimate of drug-likeness (QED) is 0.143. The fourth-order valence-corrected chi connectivity index (χ4v) is 6.25. The Morgan fingerprint density at radius 2 is 1.71 bits per heavy atom. The van der Waals surface area contributed by atoms with E-state index in [9.17, 15) is 20.1 Å². The highest BCUT2D eigenvalue weighted by molar-refractivity contribution is 5.72. The van der Waals surface area contributed by atoms with Gasteiger partial charge in [0.1, 0.15) is 5.60 Å². The zero-order chi connectivity index (χ0) is 28.8. The Balaban J connectivity index is -0.000000000139. The van der Waals surface area contributed by atoms with Crippen LogP contribution in [0.5, 0.6) is 0 Å². The van der Waals surface area contributed by atoms with E-state index < -0.39 is 29.3 Å². The molecule has 1 aromatic rings. The van der Waals surface area contributed by atoms with Crippen molar-refractivity contribution in [3.8, 4) is 0 Å². The van der Waals surface area contributed by atoms with Crippen LogP contribution in [0.4, 0.5) is 0 Å². The van der Waals surface area contributed by atoms with Gasteiger partial charge in [-0.25, -0.2) is 0 Å². The molecular weight excluding hydrogens is 476 g/mol. The highest BCUT2D eigenvalue weighted by atomic mass is 16.6. The molecule has 2 rings (SSSR count). The first kappa shape index (κ1) is 32.5. The smallest absolute Gasteiger partial charge is 0.309 e. The number of rotatable bonds is 12. The molecule has 0 heterocycles. The molecule has 1 aliphatic carbocycles. The third-order valence-corrected chi connectivity index (χ3v) is 8.96. The lowest BCUT2D eigenvalue weighted by atomic mass is 9.66. The van der Waals surface area contributed by atoms with E-state index in [0.29, 0.717) is 19.3 Å². The summed E-state index contributed by atoms with van der Waals surface area (Å²) < 4.78 is 5.53.